The summed E-state index contributed by atoms with van der Waals surface area (Å²) < 4.78 is 0. The summed E-state index contributed by atoms with van der Waals surface area (Å²) in [5, 5.41) is 15.8. The number of hydrogen-bond acceptors (Lipinski definition) is 5. The number of rotatable bonds is 7. The number of carbonyl (C=O) groups is 3. The summed E-state index contributed by atoms with van der Waals surface area (Å²) in [7, 11) is 0. The fourth-order valence-electron chi connectivity index (χ4n) is 1.17. The van der Waals surface area contributed by atoms with Gasteiger partial charge in [0, 0.05) is 31.3 Å². The Balaban J connectivity index is 2.20. The van der Waals surface area contributed by atoms with Crippen LogP contribution in [0, 0.1) is 0 Å². The van der Waals surface area contributed by atoms with Gasteiger partial charge >= 0.3 is 12.0 Å². The summed E-state index contributed by atoms with van der Waals surface area (Å²) in [6.07, 6.45) is 0.531. The number of aromatic carboxylic acids is 1. The molecule has 0 radical (unpaired) electrons. The second-order valence-electron chi connectivity index (χ2n) is 3.58. The van der Waals surface area contributed by atoms with Crippen LogP contribution in [0.1, 0.15) is 21.9 Å². The van der Waals surface area contributed by atoms with Gasteiger partial charge in [-0.25, -0.2) is 14.6 Å². The van der Waals surface area contributed by atoms with Gasteiger partial charge in [0.2, 0.25) is 5.91 Å². The van der Waals surface area contributed by atoms with E-state index in [1.165, 1.54) is 16.7 Å². The van der Waals surface area contributed by atoms with Crippen LogP contribution in [0.3, 0.4) is 0 Å². The first-order chi connectivity index (χ1) is 8.99. The Morgan fingerprint density at radius 2 is 2.00 bits per heavy atom. The fraction of sp³-hybridized carbons (Fsp3) is 0.400. The quantitative estimate of drug-likeness (QED) is 0.539. The van der Waals surface area contributed by atoms with Crippen LogP contribution < -0.4 is 16.4 Å². The van der Waals surface area contributed by atoms with Crippen LogP contribution in [0.25, 0.3) is 0 Å². The summed E-state index contributed by atoms with van der Waals surface area (Å²) in [5.41, 5.74) is 4.92. The normalized spacial score (nSPS) is 9.89. The van der Waals surface area contributed by atoms with Gasteiger partial charge in [0.05, 0.1) is 5.01 Å². The number of thiazole rings is 1. The van der Waals surface area contributed by atoms with Gasteiger partial charge in [-0.3, -0.25) is 4.79 Å². The van der Waals surface area contributed by atoms with Crippen molar-refractivity contribution in [3.63, 3.8) is 0 Å². The molecule has 0 unspecified atom stereocenters. The highest BCUT2D eigenvalue weighted by molar-refractivity contribution is 7.09. The number of hydrogen-bond donors (Lipinski definition) is 4. The Morgan fingerprint density at radius 3 is 2.58 bits per heavy atom. The van der Waals surface area contributed by atoms with Crippen LogP contribution in [0.4, 0.5) is 4.79 Å². The second-order valence-corrected chi connectivity index (χ2v) is 4.52. The van der Waals surface area contributed by atoms with Crippen LogP contribution in [-0.4, -0.2) is 41.1 Å². The van der Waals surface area contributed by atoms with Crippen molar-refractivity contribution in [3.05, 3.63) is 16.1 Å². The summed E-state index contributed by atoms with van der Waals surface area (Å²) in [5.74, 6) is -1.55. The van der Waals surface area contributed by atoms with E-state index in [1.807, 2.05) is 0 Å². The van der Waals surface area contributed by atoms with Crippen LogP contribution in [-0.2, 0) is 11.2 Å². The number of carboxylic acids is 1. The fourth-order valence-corrected chi connectivity index (χ4v) is 1.94. The molecular weight excluding hydrogens is 272 g/mol. The summed E-state index contributed by atoms with van der Waals surface area (Å²) >= 11 is 1.23. The van der Waals surface area contributed by atoms with E-state index in [9.17, 15) is 14.4 Å². The summed E-state index contributed by atoms with van der Waals surface area (Å²) in [6.45, 7) is 0.510. The zero-order valence-electron chi connectivity index (χ0n) is 10.0. The van der Waals surface area contributed by atoms with Gasteiger partial charge in [0.15, 0.2) is 5.69 Å². The highest BCUT2D eigenvalue weighted by Crippen LogP contribution is 2.09. The van der Waals surface area contributed by atoms with Crippen molar-refractivity contribution < 1.29 is 19.5 Å². The van der Waals surface area contributed by atoms with Crippen molar-refractivity contribution >= 4 is 29.2 Å². The molecule has 104 valence electrons. The summed E-state index contributed by atoms with van der Waals surface area (Å²) in [6, 6.07) is -0.406. The average molecular weight is 286 g/mol. The minimum Gasteiger partial charge on any atom is -0.476 e. The van der Waals surface area contributed by atoms with E-state index < -0.39 is 17.9 Å². The topological polar surface area (TPSA) is 134 Å². The maximum absolute atomic E-state index is 11.2. The lowest BCUT2D eigenvalue weighted by atomic mass is 10.4. The molecule has 0 fully saturated rings. The third kappa shape index (κ3) is 5.82. The smallest absolute Gasteiger partial charge is 0.355 e. The van der Waals surface area contributed by atoms with Crippen LogP contribution in [0.15, 0.2) is 5.38 Å². The number of amides is 3. The Morgan fingerprint density at radius 1 is 1.32 bits per heavy atom. The molecule has 0 aliphatic heterocycles. The van der Waals surface area contributed by atoms with Crippen LogP contribution >= 0.6 is 11.3 Å². The largest absolute Gasteiger partial charge is 0.476 e. The third-order valence-electron chi connectivity index (χ3n) is 2.05. The van der Waals surface area contributed by atoms with E-state index in [2.05, 4.69) is 15.6 Å². The molecule has 0 saturated carbocycles. The molecule has 1 rings (SSSR count). The number of nitrogens with zero attached hydrogens (tertiary/aromatic N) is 1. The Labute approximate surface area is 113 Å². The zero-order valence-corrected chi connectivity index (χ0v) is 10.8. The van der Waals surface area contributed by atoms with E-state index in [1.54, 1.807) is 0 Å². The standard InChI is InChI=1S/C10H14N4O4S/c11-7(15)1-3-12-10(18)13-4-2-8-14-6(5-19-8)9(16)17/h5H,1-4H2,(H2,11,15)(H,16,17)(H2,12,13,18). The van der Waals surface area contributed by atoms with Crippen molar-refractivity contribution in [1.82, 2.24) is 15.6 Å². The average Bonchev–Trinajstić information content (AvgIpc) is 2.77. The molecule has 19 heavy (non-hydrogen) atoms. The molecular formula is C10H14N4O4S. The molecule has 0 spiro atoms. The number of nitrogens with one attached hydrogen (secondary N) is 2. The molecule has 0 atom stereocenters. The molecule has 1 heterocycles. The molecule has 0 aromatic carbocycles. The van der Waals surface area contributed by atoms with Crippen molar-refractivity contribution in [3.8, 4) is 0 Å². The number of primary amides is 1. The van der Waals surface area contributed by atoms with E-state index in [0.717, 1.165) is 0 Å². The summed E-state index contributed by atoms with van der Waals surface area (Å²) in [4.78, 5) is 36.1. The minimum absolute atomic E-state index is 0.00547. The number of carbonyl (C=O) groups excluding carboxylic acids is 2. The Bertz CT molecular complexity index is 474. The van der Waals surface area contributed by atoms with Crippen molar-refractivity contribution in [2.45, 2.75) is 12.8 Å². The molecule has 0 bridgehead atoms. The van der Waals surface area contributed by atoms with Crippen molar-refractivity contribution in [2.75, 3.05) is 13.1 Å². The van der Waals surface area contributed by atoms with Gasteiger partial charge in [-0.1, -0.05) is 0 Å². The van der Waals surface area contributed by atoms with E-state index in [4.69, 9.17) is 10.8 Å². The molecule has 0 aliphatic carbocycles. The molecule has 0 saturated heterocycles. The monoisotopic (exact) mass is 286 g/mol. The first-order valence-corrected chi connectivity index (χ1v) is 6.34. The van der Waals surface area contributed by atoms with Gasteiger partial charge in [0.1, 0.15) is 0 Å². The van der Waals surface area contributed by atoms with Gasteiger partial charge in [0.25, 0.3) is 0 Å². The molecule has 3 amide bonds. The number of carboxylic acid groups (broad SMARTS) is 1. The van der Waals surface area contributed by atoms with Gasteiger partial charge in [-0.15, -0.1) is 11.3 Å². The molecule has 5 N–H and O–H groups in total. The maximum Gasteiger partial charge on any atom is 0.355 e. The van der Waals surface area contributed by atoms with Gasteiger partial charge in [-0.2, -0.15) is 0 Å². The SMILES string of the molecule is NC(=O)CCNC(=O)NCCc1nc(C(=O)O)cs1. The minimum atomic E-state index is -1.07. The van der Waals surface area contributed by atoms with Crippen LogP contribution in [0.2, 0.25) is 0 Å². The highest BCUT2D eigenvalue weighted by atomic mass is 32.1. The maximum atomic E-state index is 11.2. The number of nitrogens with two attached hydrogens (primary N) is 1. The lowest BCUT2D eigenvalue weighted by Gasteiger charge is -2.05. The highest BCUT2D eigenvalue weighted by Gasteiger charge is 2.08. The molecule has 0 aliphatic rings. The predicted molar refractivity (Wildman–Crippen MR) is 68.0 cm³/mol. The lowest BCUT2D eigenvalue weighted by Crippen LogP contribution is -2.38. The van der Waals surface area contributed by atoms with Crippen molar-refractivity contribution in [2.24, 2.45) is 5.73 Å². The second kappa shape index (κ2) is 7.31. The van der Waals surface area contributed by atoms with E-state index in [-0.39, 0.29) is 18.7 Å². The predicted octanol–water partition coefficient (Wildman–Crippen LogP) is -0.442. The van der Waals surface area contributed by atoms with Gasteiger partial charge in [-0.05, 0) is 0 Å². The van der Waals surface area contributed by atoms with E-state index in [0.29, 0.717) is 18.0 Å². The third-order valence-corrected chi connectivity index (χ3v) is 2.96. The molecule has 8 nitrogen and oxygen atoms in total. The molecule has 9 heteroatoms. The number of urea groups is 1. The zero-order chi connectivity index (χ0) is 14.3. The first-order valence-electron chi connectivity index (χ1n) is 5.46. The first kappa shape index (κ1) is 14.9. The molecule has 1 aromatic heterocycles. The lowest BCUT2D eigenvalue weighted by molar-refractivity contribution is -0.117. The van der Waals surface area contributed by atoms with Crippen molar-refractivity contribution in [1.29, 1.82) is 0 Å². The van der Waals surface area contributed by atoms with Crippen LogP contribution in [0.5, 0.6) is 0 Å². The Kier molecular flexibility index (Phi) is 5.73. The molecule has 1 aromatic rings. The van der Waals surface area contributed by atoms with Gasteiger partial charge < -0.3 is 21.5 Å². The van der Waals surface area contributed by atoms with E-state index >= 15 is 0 Å². The number of aromatic nitrogens is 1. The Hall–Kier alpha value is -2.16.